The molecule has 5 rings (SSSR count). The molecule has 1 amide bonds. The molecule has 11 heteroatoms. The molecular weight excluding hydrogens is 547 g/mol. The van der Waals surface area contributed by atoms with Crippen LogP contribution in [0, 0.1) is 11.3 Å². The van der Waals surface area contributed by atoms with E-state index in [4.69, 9.17) is 34.7 Å². The molecule has 5 aromatic rings. The van der Waals surface area contributed by atoms with Gasteiger partial charge in [0.2, 0.25) is 0 Å². The fraction of sp³-hybridized carbons (Fsp3) is 0.0769. The number of nitrogens with two attached hydrogens (primary N) is 2. The van der Waals surface area contributed by atoms with Gasteiger partial charge in [0.25, 0.3) is 5.91 Å². The predicted molar refractivity (Wildman–Crippen MR) is 153 cm³/mol. The molecule has 0 radical (unpaired) electrons. The summed E-state index contributed by atoms with van der Waals surface area (Å²) in [6.07, 6.45) is 0.883. The van der Waals surface area contributed by atoms with Crippen LogP contribution in [0.4, 0.5) is 16.6 Å². The molecule has 3 heterocycles. The summed E-state index contributed by atoms with van der Waals surface area (Å²) in [5, 5.41) is 16.2. The zero-order chi connectivity index (χ0) is 26.3. The smallest absolute Gasteiger partial charge is 0.269 e. The van der Waals surface area contributed by atoms with Gasteiger partial charge < -0.3 is 11.5 Å². The Labute approximate surface area is 230 Å². The van der Waals surface area contributed by atoms with Crippen molar-refractivity contribution in [3.8, 4) is 28.5 Å². The van der Waals surface area contributed by atoms with Crippen LogP contribution in [0.25, 0.3) is 32.6 Å². The average Bonchev–Trinajstić information content (AvgIpc) is 3.49. The highest BCUT2D eigenvalue weighted by atomic mass is 35.5. The number of nitriles is 1. The number of carbonyl (C=O) groups is 1. The minimum Gasteiger partial charge on any atom is -0.397 e. The van der Waals surface area contributed by atoms with Crippen molar-refractivity contribution in [3.63, 3.8) is 0 Å². The number of fused-ring (bicyclic) bond motifs is 1. The first-order valence-corrected chi connectivity index (χ1v) is 13.5. The third-order valence-electron chi connectivity index (χ3n) is 5.81. The van der Waals surface area contributed by atoms with Gasteiger partial charge in [0, 0.05) is 21.9 Å². The molecule has 2 aromatic carbocycles. The van der Waals surface area contributed by atoms with Crippen LogP contribution in [0.2, 0.25) is 10.0 Å². The molecule has 3 aromatic heterocycles. The Morgan fingerprint density at radius 1 is 1.08 bits per heavy atom. The van der Waals surface area contributed by atoms with Gasteiger partial charge >= 0.3 is 0 Å². The molecule has 7 nitrogen and oxygen atoms in total. The fourth-order valence-corrected chi connectivity index (χ4v) is 5.94. The zero-order valence-electron chi connectivity index (χ0n) is 19.3. The number of aromatic nitrogens is 2. The van der Waals surface area contributed by atoms with Gasteiger partial charge in [0.05, 0.1) is 21.4 Å². The summed E-state index contributed by atoms with van der Waals surface area (Å²) < 4.78 is 0. The number of benzene rings is 2. The van der Waals surface area contributed by atoms with Crippen molar-refractivity contribution in [2.75, 3.05) is 16.8 Å². The largest absolute Gasteiger partial charge is 0.397 e. The van der Waals surface area contributed by atoms with E-state index < -0.39 is 5.91 Å². The Hall–Kier alpha value is -3.68. The lowest BCUT2D eigenvalue weighted by molar-refractivity contribution is 0.103. The molecule has 0 aliphatic carbocycles. The summed E-state index contributed by atoms with van der Waals surface area (Å²) in [5.41, 5.74) is 17.0. The monoisotopic (exact) mass is 564 g/mol. The first kappa shape index (κ1) is 25.0. The van der Waals surface area contributed by atoms with Gasteiger partial charge in [0.1, 0.15) is 27.2 Å². The standard InChI is InChI=1S/C26H18Cl2N6OS2/c1-2-12-3-5-13(6-4-12)19-15(10-29)23(31)33-25-20(19)21(30)22(37-25)24(35)34-26-32-18(11-36-26)14-7-8-16(27)17(28)9-14/h3-9,11H,2,30H2,1H3,(H2,31,33)(H,32,34,35). The number of hydrogen-bond acceptors (Lipinski definition) is 8. The SMILES string of the molecule is CCc1ccc(-c2c(C#N)c(N)nc3sc(C(=O)Nc4nc(-c5ccc(Cl)c(Cl)c5)cs4)c(N)c23)cc1. The molecule has 184 valence electrons. The highest BCUT2D eigenvalue weighted by Gasteiger charge is 2.25. The van der Waals surface area contributed by atoms with Crippen molar-refractivity contribution >= 4 is 78.6 Å². The lowest BCUT2D eigenvalue weighted by atomic mass is 9.96. The van der Waals surface area contributed by atoms with Gasteiger partial charge in [-0.3, -0.25) is 10.1 Å². The summed E-state index contributed by atoms with van der Waals surface area (Å²) in [6, 6.07) is 15.2. The van der Waals surface area contributed by atoms with Crippen molar-refractivity contribution in [1.29, 1.82) is 5.26 Å². The number of anilines is 3. The minimum atomic E-state index is -0.431. The summed E-state index contributed by atoms with van der Waals surface area (Å²) in [4.78, 5) is 22.8. The number of thiophene rings is 1. The van der Waals surface area contributed by atoms with E-state index in [0.29, 0.717) is 36.7 Å². The van der Waals surface area contributed by atoms with E-state index >= 15 is 0 Å². The number of pyridine rings is 1. The van der Waals surface area contributed by atoms with Crippen LogP contribution >= 0.6 is 45.9 Å². The highest BCUT2D eigenvalue weighted by Crippen LogP contribution is 2.43. The zero-order valence-corrected chi connectivity index (χ0v) is 22.4. The summed E-state index contributed by atoms with van der Waals surface area (Å²) >= 11 is 14.5. The van der Waals surface area contributed by atoms with Gasteiger partial charge in [-0.2, -0.15) is 5.26 Å². The minimum absolute atomic E-state index is 0.0870. The van der Waals surface area contributed by atoms with E-state index in [1.54, 1.807) is 18.2 Å². The lowest BCUT2D eigenvalue weighted by Gasteiger charge is -2.10. The maximum absolute atomic E-state index is 13.2. The van der Waals surface area contributed by atoms with Crippen molar-refractivity contribution in [2.45, 2.75) is 13.3 Å². The number of nitrogens with one attached hydrogen (secondary N) is 1. The highest BCUT2D eigenvalue weighted by molar-refractivity contribution is 7.21. The number of hydrogen-bond donors (Lipinski definition) is 3. The molecule has 0 aliphatic rings. The second-order valence-corrected chi connectivity index (χ2v) is 10.7. The molecule has 0 atom stereocenters. The lowest BCUT2D eigenvalue weighted by Crippen LogP contribution is -2.11. The number of nitrogen functional groups attached to an aromatic ring is 2. The van der Waals surface area contributed by atoms with Crippen LogP contribution in [0.1, 0.15) is 27.7 Å². The maximum Gasteiger partial charge on any atom is 0.269 e. The van der Waals surface area contributed by atoms with Crippen molar-refractivity contribution in [3.05, 3.63) is 73.9 Å². The molecule has 0 fully saturated rings. The molecule has 0 aliphatic heterocycles. The van der Waals surface area contributed by atoms with Crippen LogP contribution in [0.15, 0.2) is 47.8 Å². The van der Waals surface area contributed by atoms with Gasteiger partial charge in [-0.05, 0) is 29.7 Å². The van der Waals surface area contributed by atoms with E-state index in [1.807, 2.05) is 29.6 Å². The van der Waals surface area contributed by atoms with Crippen LogP contribution in [0.3, 0.4) is 0 Å². The molecule has 37 heavy (non-hydrogen) atoms. The number of aryl methyl sites for hydroxylation is 1. The summed E-state index contributed by atoms with van der Waals surface area (Å²) in [6.45, 7) is 2.07. The van der Waals surface area contributed by atoms with Gasteiger partial charge in [0.15, 0.2) is 5.13 Å². The average molecular weight is 566 g/mol. The van der Waals surface area contributed by atoms with Gasteiger partial charge in [-0.1, -0.05) is 60.5 Å². The Kier molecular flexibility index (Phi) is 6.75. The molecule has 0 unspecified atom stereocenters. The first-order chi connectivity index (χ1) is 17.8. The van der Waals surface area contributed by atoms with Crippen LogP contribution < -0.4 is 16.8 Å². The predicted octanol–water partition coefficient (Wildman–Crippen LogP) is 7.24. The molecule has 0 saturated carbocycles. The molecule has 0 bridgehead atoms. The second kappa shape index (κ2) is 10.00. The topological polar surface area (TPSA) is 131 Å². The molecular formula is C26H18Cl2N6OS2. The van der Waals surface area contributed by atoms with Crippen LogP contribution in [-0.4, -0.2) is 15.9 Å². The van der Waals surface area contributed by atoms with Crippen LogP contribution in [0.5, 0.6) is 0 Å². The Bertz CT molecular complexity index is 1720. The van der Waals surface area contributed by atoms with Crippen molar-refractivity contribution in [2.24, 2.45) is 0 Å². The number of carbonyl (C=O) groups excluding carboxylic acids is 1. The van der Waals surface area contributed by atoms with E-state index in [1.165, 1.54) is 11.3 Å². The number of amides is 1. The summed E-state index contributed by atoms with van der Waals surface area (Å²) in [5.74, 6) is -0.344. The summed E-state index contributed by atoms with van der Waals surface area (Å²) in [7, 11) is 0. The van der Waals surface area contributed by atoms with E-state index in [-0.39, 0.29) is 21.9 Å². The number of nitrogens with zero attached hydrogens (tertiary/aromatic N) is 3. The third-order valence-corrected chi connectivity index (χ3v) is 8.41. The number of thiazole rings is 1. The van der Waals surface area contributed by atoms with Gasteiger partial charge in [-0.15, -0.1) is 22.7 Å². The fourth-order valence-electron chi connectivity index (χ4n) is 3.92. The van der Waals surface area contributed by atoms with Crippen LogP contribution in [-0.2, 0) is 6.42 Å². The Balaban J connectivity index is 1.53. The Morgan fingerprint density at radius 2 is 1.81 bits per heavy atom. The number of halogens is 2. The molecule has 5 N–H and O–H groups in total. The molecule has 0 spiro atoms. The Morgan fingerprint density at radius 3 is 2.49 bits per heavy atom. The van der Waals surface area contributed by atoms with Crippen molar-refractivity contribution < 1.29 is 4.79 Å². The second-order valence-electron chi connectivity index (χ2n) is 8.06. The van der Waals surface area contributed by atoms with E-state index in [2.05, 4.69) is 28.3 Å². The van der Waals surface area contributed by atoms with E-state index in [0.717, 1.165) is 34.4 Å². The number of rotatable bonds is 5. The normalized spacial score (nSPS) is 11.0. The third kappa shape index (κ3) is 4.61. The first-order valence-electron chi connectivity index (χ1n) is 11.0. The quantitative estimate of drug-likeness (QED) is 0.206. The molecule has 0 saturated heterocycles. The van der Waals surface area contributed by atoms with Crippen molar-refractivity contribution in [1.82, 2.24) is 9.97 Å². The maximum atomic E-state index is 13.2. The van der Waals surface area contributed by atoms with Gasteiger partial charge in [-0.25, -0.2) is 9.97 Å². The van der Waals surface area contributed by atoms with E-state index in [9.17, 15) is 10.1 Å².